The number of pyridine rings is 1. The van der Waals surface area contributed by atoms with Crippen LogP contribution in [0.2, 0.25) is 0 Å². The molecule has 3 rings (SSSR count). The lowest BCUT2D eigenvalue weighted by Gasteiger charge is -2.13. The predicted molar refractivity (Wildman–Crippen MR) is 131 cm³/mol. The first-order valence-corrected chi connectivity index (χ1v) is 11.7. The Labute approximate surface area is 225 Å². The standard InChI is InChI=1S/C22H25FN6O4.C2HF3O2/c1-2-25-21(30)17-3-4-19(20(13-17)33-12-11-32-10-7-23)29-15-18(27-28-29)22(31)26-14-16-5-8-24-9-6-16;3-2(4,5)1(6)7/h3-6,8-9,13,15H,2,7,10-12,14H2,1H3,(H,25,30)(H,26,31);(H,6,7). The average Bonchev–Trinajstić information content (AvgIpc) is 3.42. The Morgan fingerprint density at radius 2 is 1.73 bits per heavy atom. The minimum atomic E-state index is -5.08. The Hall–Kier alpha value is -4.60. The number of rotatable bonds is 12. The fourth-order valence-corrected chi connectivity index (χ4v) is 2.85. The van der Waals surface area contributed by atoms with Gasteiger partial charge in [-0.2, -0.15) is 13.2 Å². The van der Waals surface area contributed by atoms with Crippen molar-refractivity contribution >= 4 is 17.8 Å². The van der Waals surface area contributed by atoms with E-state index in [1.807, 2.05) is 6.92 Å². The summed E-state index contributed by atoms with van der Waals surface area (Å²) in [5, 5.41) is 20.6. The maximum absolute atomic E-state index is 12.5. The molecule has 0 unspecified atom stereocenters. The average molecular weight is 571 g/mol. The van der Waals surface area contributed by atoms with Gasteiger partial charge in [0.15, 0.2) is 5.69 Å². The van der Waals surface area contributed by atoms with Gasteiger partial charge < -0.3 is 25.2 Å². The van der Waals surface area contributed by atoms with E-state index in [9.17, 15) is 27.2 Å². The molecule has 12 nitrogen and oxygen atoms in total. The number of aliphatic carboxylic acids is 1. The number of halogens is 4. The zero-order chi connectivity index (χ0) is 29.5. The van der Waals surface area contributed by atoms with Gasteiger partial charge in [-0.15, -0.1) is 5.10 Å². The summed E-state index contributed by atoms with van der Waals surface area (Å²) in [6, 6.07) is 8.44. The fraction of sp³-hybridized carbons (Fsp3) is 0.333. The largest absolute Gasteiger partial charge is 0.490 e. The van der Waals surface area contributed by atoms with Crippen molar-refractivity contribution in [1.82, 2.24) is 30.6 Å². The number of amides is 2. The van der Waals surface area contributed by atoms with Gasteiger partial charge in [-0.05, 0) is 42.8 Å². The topological polar surface area (TPSA) is 158 Å². The summed E-state index contributed by atoms with van der Waals surface area (Å²) in [7, 11) is 0. The molecule has 40 heavy (non-hydrogen) atoms. The van der Waals surface area contributed by atoms with Crippen LogP contribution >= 0.6 is 0 Å². The number of carbonyl (C=O) groups is 3. The van der Waals surface area contributed by atoms with E-state index in [-0.39, 0.29) is 37.3 Å². The number of carbonyl (C=O) groups excluding carboxylic acids is 2. The van der Waals surface area contributed by atoms with E-state index < -0.39 is 18.8 Å². The highest BCUT2D eigenvalue weighted by atomic mass is 19.4. The van der Waals surface area contributed by atoms with Gasteiger partial charge >= 0.3 is 12.1 Å². The quantitative estimate of drug-likeness (QED) is 0.220. The highest BCUT2D eigenvalue weighted by Crippen LogP contribution is 2.24. The Morgan fingerprint density at radius 1 is 1.02 bits per heavy atom. The summed E-state index contributed by atoms with van der Waals surface area (Å²) in [6.45, 7) is 2.34. The molecule has 0 atom stereocenters. The van der Waals surface area contributed by atoms with Gasteiger partial charge in [0.25, 0.3) is 11.8 Å². The second kappa shape index (κ2) is 15.7. The van der Waals surface area contributed by atoms with Crippen molar-refractivity contribution in [3.05, 3.63) is 65.7 Å². The number of hydrogen-bond donors (Lipinski definition) is 3. The molecule has 0 spiro atoms. The van der Waals surface area contributed by atoms with Crippen molar-refractivity contribution in [2.24, 2.45) is 0 Å². The number of ether oxygens (including phenoxy) is 2. The van der Waals surface area contributed by atoms with Crippen LogP contribution in [0.5, 0.6) is 5.75 Å². The lowest BCUT2D eigenvalue weighted by atomic mass is 10.1. The van der Waals surface area contributed by atoms with E-state index in [2.05, 4.69) is 25.9 Å². The van der Waals surface area contributed by atoms with Crippen LogP contribution < -0.4 is 15.4 Å². The highest BCUT2D eigenvalue weighted by Gasteiger charge is 2.38. The maximum atomic E-state index is 12.5. The summed E-state index contributed by atoms with van der Waals surface area (Å²) < 4.78 is 56.2. The van der Waals surface area contributed by atoms with Gasteiger partial charge in [0.2, 0.25) is 0 Å². The Morgan fingerprint density at radius 3 is 2.35 bits per heavy atom. The molecule has 0 aliphatic carbocycles. The molecule has 2 amide bonds. The molecule has 1 aromatic carbocycles. The van der Waals surface area contributed by atoms with E-state index in [4.69, 9.17) is 19.4 Å². The zero-order valence-corrected chi connectivity index (χ0v) is 21.2. The first-order chi connectivity index (χ1) is 19.1. The summed E-state index contributed by atoms with van der Waals surface area (Å²) >= 11 is 0. The number of hydrogen-bond acceptors (Lipinski definition) is 8. The van der Waals surface area contributed by atoms with Crippen LogP contribution in [-0.2, 0) is 16.1 Å². The second-order valence-corrected chi connectivity index (χ2v) is 7.58. The van der Waals surface area contributed by atoms with Gasteiger partial charge in [-0.3, -0.25) is 14.6 Å². The maximum Gasteiger partial charge on any atom is 0.490 e. The summed E-state index contributed by atoms with van der Waals surface area (Å²) in [5.74, 6) is -3.06. The molecule has 0 saturated carbocycles. The van der Waals surface area contributed by atoms with Crippen molar-refractivity contribution in [3.63, 3.8) is 0 Å². The molecule has 0 saturated heterocycles. The molecule has 0 fully saturated rings. The van der Waals surface area contributed by atoms with Crippen LogP contribution in [0.15, 0.2) is 48.9 Å². The molecule has 2 aromatic heterocycles. The van der Waals surface area contributed by atoms with Crippen molar-refractivity contribution in [2.75, 3.05) is 33.0 Å². The van der Waals surface area contributed by atoms with E-state index in [1.165, 1.54) is 10.9 Å². The molecular weight excluding hydrogens is 544 g/mol. The minimum absolute atomic E-state index is 0.0177. The lowest BCUT2D eigenvalue weighted by Crippen LogP contribution is -2.23. The van der Waals surface area contributed by atoms with Gasteiger partial charge in [0.1, 0.15) is 24.7 Å². The molecule has 0 radical (unpaired) electrons. The third kappa shape index (κ3) is 10.3. The Bertz CT molecular complexity index is 1260. The lowest BCUT2D eigenvalue weighted by molar-refractivity contribution is -0.192. The monoisotopic (exact) mass is 570 g/mol. The third-order valence-electron chi connectivity index (χ3n) is 4.68. The van der Waals surface area contributed by atoms with Crippen molar-refractivity contribution in [3.8, 4) is 11.4 Å². The molecule has 0 bridgehead atoms. The number of nitrogens with one attached hydrogen (secondary N) is 2. The number of carboxylic acids is 1. The van der Waals surface area contributed by atoms with E-state index in [1.54, 1.807) is 42.7 Å². The van der Waals surface area contributed by atoms with E-state index in [0.717, 1.165) is 5.56 Å². The van der Waals surface area contributed by atoms with Crippen LogP contribution in [0.1, 0.15) is 33.3 Å². The normalized spacial score (nSPS) is 10.7. The van der Waals surface area contributed by atoms with Crippen molar-refractivity contribution in [1.29, 1.82) is 0 Å². The van der Waals surface area contributed by atoms with Crippen LogP contribution in [-0.4, -0.2) is 82.1 Å². The fourth-order valence-electron chi connectivity index (χ4n) is 2.85. The number of benzene rings is 1. The number of aromatic nitrogens is 4. The van der Waals surface area contributed by atoms with Crippen LogP contribution in [0.25, 0.3) is 5.69 Å². The van der Waals surface area contributed by atoms with Crippen LogP contribution in [0.4, 0.5) is 17.6 Å². The van der Waals surface area contributed by atoms with E-state index in [0.29, 0.717) is 30.1 Å². The number of alkyl halides is 4. The molecule has 0 aliphatic rings. The van der Waals surface area contributed by atoms with Crippen LogP contribution in [0.3, 0.4) is 0 Å². The molecule has 2 heterocycles. The molecule has 16 heteroatoms. The number of carboxylic acid groups (broad SMARTS) is 1. The van der Waals surface area contributed by atoms with Gasteiger partial charge in [-0.25, -0.2) is 13.9 Å². The Kier molecular flexibility index (Phi) is 12.4. The number of nitrogens with zero attached hydrogens (tertiary/aromatic N) is 4. The van der Waals surface area contributed by atoms with Gasteiger partial charge in [-0.1, -0.05) is 5.21 Å². The van der Waals surface area contributed by atoms with E-state index >= 15 is 0 Å². The van der Waals surface area contributed by atoms with Crippen LogP contribution in [0, 0.1) is 0 Å². The first kappa shape index (κ1) is 31.6. The minimum Gasteiger partial charge on any atom is -0.489 e. The zero-order valence-electron chi connectivity index (χ0n) is 21.2. The van der Waals surface area contributed by atoms with Gasteiger partial charge in [0.05, 0.1) is 19.4 Å². The smallest absolute Gasteiger partial charge is 0.489 e. The summed E-state index contributed by atoms with van der Waals surface area (Å²) in [5.41, 5.74) is 1.90. The second-order valence-electron chi connectivity index (χ2n) is 7.58. The molecule has 3 N–H and O–H groups in total. The van der Waals surface area contributed by atoms with Crippen molar-refractivity contribution in [2.45, 2.75) is 19.6 Å². The molecule has 216 valence electrons. The predicted octanol–water partition coefficient (Wildman–Crippen LogP) is 2.34. The molecular formula is C24H26F4N6O6. The summed E-state index contributed by atoms with van der Waals surface area (Å²) in [4.78, 5) is 37.5. The van der Waals surface area contributed by atoms with Gasteiger partial charge in [0, 0.05) is 31.0 Å². The summed E-state index contributed by atoms with van der Waals surface area (Å²) in [6.07, 6.45) is -0.325. The Balaban J connectivity index is 0.000000708. The third-order valence-corrected chi connectivity index (χ3v) is 4.68. The molecule has 3 aromatic rings. The molecule has 0 aliphatic heterocycles. The van der Waals surface area contributed by atoms with Crippen molar-refractivity contribution < 1.29 is 46.5 Å². The first-order valence-electron chi connectivity index (χ1n) is 11.7. The SMILES string of the molecule is CCNC(=O)c1ccc(-n2cc(C(=O)NCc3ccncc3)nn2)c(OCCOCCF)c1.O=C(O)C(F)(F)F. The highest BCUT2D eigenvalue weighted by molar-refractivity contribution is 5.95.